The lowest BCUT2D eigenvalue weighted by Gasteiger charge is -2.36. The van der Waals surface area contributed by atoms with E-state index in [9.17, 15) is 4.79 Å². The first kappa shape index (κ1) is 20.9. The molecule has 162 valence electrons. The van der Waals surface area contributed by atoms with Gasteiger partial charge in [0.1, 0.15) is 11.4 Å². The van der Waals surface area contributed by atoms with E-state index in [1.165, 1.54) is 17.0 Å². The van der Waals surface area contributed by atoms with E-state index < -0.39 is 0 Å². The summed E-state index contributed by atoms with van der Waals surface area (Å²) in [5.74, 6) is 0.778. The fourth-order valence-corrected chi connectivity index (χ4v) is 4.58. The molecule has 2 fully saturated rings. The van der Waals surface area contributed by atoms with E-state index in [-0.39, 0.29) is 5.91 Å². The van der Waals surface area contributed by atoms with Crippen molar-refractivity contribution in [3.63, 3.8) is 0 Å². The molecule has 0 atom stereocenters. The molecule has 3 heterocycles. The van der Waals surface area contributed by atoms with E-state index in [0.717, 1.165) is 69.9 Å². The smallest absolute Gasteiger partial charge is 0.270 e. The average molecular weight is 432 g/mol. The third-order valence-electron chi connectivity index (χ3n) is 5.51. The molecule has 30 heavy (non-hydrogen) atoms. The van der Waals surface area contributed by atoms with Crippen molar-refractivity contribution in [1.29, 1.82) is 0 Å². The van der Waals surface area contributed by atoms with Gasteiger partial charge in [0.25, 0.3) is 5.91 Å². The summed E-state index contributed by atoms with van der Waals surface area (Å²) in [6.07, 6.45) is 0. The summed E-state index contributed by atoms with van der Waals surface area (Å²) in [4.78, 5) is 23.9. The molecule has 0 unspecified atom stereocenters. The van der Waals surface area contributed by atoms with Crippen LogP contribution in [0.4, 0.5) is 10.8 Å². The van der Waals surface area contributed by atoms with Crippen LogP contribution in [0.3, 0.4) is 0 Å². The Bertz CT molecular complexity index is 832. The van der Waals surface area contributed by atoms with E-state index in [0.29, 0.717) is 12.2 Å². The van der Waals surface area contributed by atoms with Crippen LogP contribution in [-0.4, -0.2) is 88.5 Å². The average Bonchev–Trinajstić information content (AvgIpc) is 3.30. The zero-order chi connectivity index (χ0) is 20.8. The standard InChI is InChI=1S/C21H29N5O3S/c1-28-18-4-2-3-17(15-18)25-7-9-26(10-8-25)21-23-19(16-30-21)20(27)22-5-6-24-11-13-29-14-12-24/h2-4,15-16H,5-14H2,1H3,(H,22,27). The first-order valence-electron chi connectivity index (χ1n) is 10.4. The van der Waals surface area contributed by atoms with Gasteiger partial charge < -0.3 is 24.6 Å². The fourth-order valence-electron chi connectivity index (χ4n) is 3.72. The minimum absolute atomic E-state index is 0.0965. The zero-order valence-corrected chi connectivity index (χ0v) is 18.2. The molecule has 0 saturated carbocycles. The number of nitrogens with one attached hydrogen (secondary N) is 1. The Balaban J connectivity index is 1.25. The van der Waals surface area contributed by atoms with Gasteiger partial charge in [0.2, 0.25) is 0 Å². The Morgan fingerprint density at radius 1 is 1.17 bits per heavy atom. The second kappa shape index (κ2) is 10.1. The summed E-state index contributed by atoms with van der Waals surface area (Å²) in [5, 5.41) is 5.76. The SMILES string of the molecule is COc1cccc(N2CCN(c3nc(C(=O)NCCN4CCOCC4)cs3)CC2)c1. The summed E-state index contributed by atoms with van der Waals surface area (Å²) in [5.41, 5.74) is 1.68. The summed E-state index contributed by atoms with van der Waals surface area (Å²) in [7, 11) is 1.69. The molecule has 4 rings (SSSR count). The number of amides is 1. The van der Waals surface area contributed by atoms with Crippen LogP contribution in [0.2, 0.25) is 0 Å². The maximum absolute atomic E-state index is 12.4. The molecule has 1 amide bonds. The number of methoxy groups -OCH3 is 1. The van der Waals surface area contributed by atoms with Crippen LogP contribution in [0.25, 0.3) is 0 Å². The van der Waals surface area contributed by atoms with Gasteiger partial charge in [-0.15, -0.1) is 11.3 Å². The van der Waals surface area contributed by atoms with Gasteiger partial charge in [-0.3, -0.25) is 9.69 Å². The van der Waals surface area contributed by atoms with E-state index in [4.69, 9.17) is 9.47 Å². The number of hydrogen-bond acceptors (Lipinski definition) is 8. The van der Waals surface area contributed by atoms with Crippen molar-refractivity contribution in [2.45, 2.75) is 0 Å². The normalized spacial score (nSPS) is 17.8. The van der Waals surface area contributed by atoms with Crippen molar-refractivity contribution in [1.82, 2.24) is 15.2 Å². The number of ether oxygens (including phenoxy) is 2. The second-order valence-corrected chi connectivity index (χ2v) is 8.24. The highest BCUT2D eigenvalue weighted by Gasteiger charge is 2.21. The van der Waals surface area contributed by atoms with Crippen LogP contribution in [0.1, 0.15) is 10.5 Å². The Morgan fingerprint density at radius 3 is 2.70 bits per heavy atom. The molecule has 1 aromatic heterocycles. The number of morpholine rings is 1. The van der Waals surface area contributed by atoms with Gasteiger partial charge in [0.05, 0.1) is 20.3 Å². The van der Waals surface area contributed by atoms with Crippen molar-refractivity contribution in [2.75, 3.05) is 82.5 Å². The van der Waals surface area contributed by atoms with E-state index in [1.807, 2.05) is 17.5 Å². The Labute approximate surface area is 181 Å². The predicted octanol–water partition coefficient (Wildman–Crippen LogP) is 1.54. The quantitative estimate of drug-likeness (QED) is 0.713. The second-order valence-electron chi connectivity index (χ2n) is 7.40. The number of hydrogen-bond donors (Lipinski definition) is 1. The van der Waals surface area contributed by atoms with Crippen molar-refractivity contribution in [2.24, 2.45) is 0 Å². The first-order chi connectivity index (χ1) is 14.7. The van der Waals surface area contributed by atoms with Crippen LogP contribution in [-0.2, 0) is 4.74 Å². The molecule has 2 aliphatic heterocycles. The molecule has 1 N–H and O–H groups in total. The number of benzene rings is 1. The summed E-state index contributed by atoms with van der Waals surface area (Å²) in [6, 6.07) is 8.16. The number of nitrogens with zero attached hydrogens (tertiary/aromatic N) is 4. The van der Waals surface area contributed by atoms with Gasteiger partial charge >= 0.3 is 0 Å². The van der Waals surface area contributed by atoms with E-state index in [1.54, 1.807) is 7.11 Å². The molecular weight excluding hydrogens is 402 g/mol. The largest absolute Gasteiger partial charge is 0.497 e. The van der Waals surface area contributed by atoms with Crippen molar-refractivity contribution in [3.8, 4) is 5.75 Å². The lowest BCUT2D eigenvalue weighted by molar-refractivity contribution is 0.0383. The monoisotopic (exact) mass is 431 g/mol. The summed E-state index contributed by atoms with van der Waals surface area (Å²) < 4.78 is 10.7. The van der Waals surface area contributed by atoms with Gasteiger partial charge in [0.15, 0.2) is 5.13 Å². The van der Waals surface area contributed by atoms with Gasteiger partial charge in [-0.1, -0.05) is 6.07 Å². The number of piperazine rings is 1. The highest BCUT2D eigenvalue weighted by Crippen LogP contribution is 2.25. The Morgan fingerprint density at radius 2 is 1.93 bits per heavy atom. The molecular formula is C21H29N5O3S. The number of aromatic nitrogens is 1. The van der Waals surface area contributed by atoms with Gasteiger partial charge in [-0.2, -0.15) is 0 Å². The lowest BCUT2D eigenvalue weighted by Crippen LogP contribution is -2.46. The van der Waals surface area contributed by atoms with Crippen LogP contribution in [0.15, 0.2) is 29.6 Å². The van der Waals surface area contributed by atoms with Crippen LogP contribution < -0.4 is 19.9 Å². The molecule has 1 aromatic carbocycles. The van der Waals surface area contributed by atoms with Gasteiger partial charge in [0, 0.05) is 69.5 Å². The number of carbonyl (C=O) groups excluding carboxylic acids is 1. The number of carbonyl (C=O) groups is 1. The topological polar surface area (TPSA) is 70.2 Å². The van der Waals surface area contributed by atoms with Crippen molar-refractivity contribution >= 4 is 28.1 Å². The third kappa shape index (κ3) is 5.21. The minimum atomic E-state index is -0.0965. The Hall–Kier alpha value is -2.36. The van der Waals surface area contributed by atoms with Crippen LogP contribution in [0.5, 0.6) is 5.75 Å². The Kier molecular flexibility index (Phi) is 7.03. The minimum Gasteiger partial charge on any atom is -0.497 e. The number of rotatable bonds is 7. The zero-order valence-electron chi connectivity index (χ0n) is 17.4. The molecule has 0 bridgehead atoms. The molecule has 2 aromatic rings. The fraction of sp³-hybridized carbons (Fsp3) is 0.524. The molecule has 0 radical (unpaired) electrons. The highest BCUT2D eigenvalue weighted by atomic mass is 32.1. The summed E-state index contributed by atoms with van der Waals surface area (Å²) in [6.45, 7) is 8.45. The van der Waals surface area contributed by atoms with Crippen LogP contribution >= 0.6 is 11.3 Å². The maximum Gasteiger partial charge on any atom is 0.270 e. The van der Waals surface area contributed by atoms with Gasteiger partial charge in [-0.05, 0) is 12.1 Å². The number of anilines is 2. The summed E-state index contributed by atoms with van der Waals surface area (Å²) >= 11 is 1.54. The predicted molar refractivity (Wildman–Crippen MR) is 119 cm³/mol. The highest BCUT2D eigenvalue weighted by molar-refractivity contribution is 7.13. The van der Waals surface area contributed by atoms with Crippen molar-refractivity contribution in [3.05, 3.63) is 35.3 Å². The molecule has 9 heteroatoms. The van der Waals surface area contributed by atoms with Gasteiger partial charge in [-0.25, -0.2) is 4.98 Å². The molecule has 0 aliphatic carbocycles. The third-order valence-corrected chi connectivity index (χ3v) is 6.41. The van der Waals surface area contributed by atoms with E-state index in [2.05, 4.69) is 37.1 Å². The molecule has 0 spiro atoms. The molecule has 2 saturated heterocycles. The van der Waals surface area contributed by atoms with E-state index >= 15 is 0 Å². The van der Waals surface area contributed by atoms with Crippen LogP contribution in [0, 0.1) is 0 Å². The molecule has 2 aliphatic rings. The first-order valence-corrected chi connectivity index (χ1v) is 11.3. The van der Waals surface area contributed by atoms with Crippen molar-refractivity contribution < 1.29 is 14.3 Å². The maximum atomic E-state index is 12.4. The lowest BCUT2D eigenvalue weighted by atomic mass is 10.2. The molecule has 8 nitrogen and oxygen atoms in total. The number of thiazole rings is 1.